The molecule has 1 heterocycles. The summed E-state index contributed by atoms with van der Waals surface area (Å²) in [6, 6.07) is 9.54. The van der Waals surface area contributed by atoms with Crippen LogP contribution < -0.4 is 14.9 Å². The average molecular weight is 423 g/mol. The fourth-order valence-corrected chi connectivity index (χ4v) is 4.46. The predicted molar refractivity (Wildman–Crippen MR) is 103 cm³/mol. The number of nitrogens with zero attached hydrogens (tertiary/aromatic N) is 1. The third kappa shape index (κ3) is 5.08. The van der Waals surface area contributed by atoms with Gasteiger partial charge in [-0.25, -0.2) is 17.2 Å². The number of sulfonamides is 1. The standard InChI is InChI=1S/C19H19F2N3O4S/c20-15-9-14(10-16(21)11-15)19(26)23-12-18(25)22-6-8-29(27,28)24-7-5-13-3-1-2-4-17(13)24/h1-4,9-11H,5-8,12H2,(H,22,25)(H,23,26). The molecule has 0 saturated heterocycles. The summed E-state index contributed by atoms with van der Waals surface area (Å²) in [5.41, 5.74) is 1.34. The van der Waals surface area contributed by atoms with E-state index in [1.165, 1.54) is 4.31 Å². The predicted octanol–water partition coefficient (Wildman–Crippen LogP) is 1.20. The molecule has 0 unspecified atom stereocenters. The molecule has 0 spiro atoms. The second kappa shape index (κ2) is 8.56. The van der Waals surface area contributed by atoms with E-state index in [0.717, 1.165) is 17.7 Å². The molecule has 0 fully saturated rings. The maximum Gasteiger partial charge on any atom is 0.251 e. The van der Waals surface area contributed by atoms with Crippen LogP contribution in [0.2, 0.25) is 0 Å². The summed E-state index contributed by atoms with van der Waals surface area (Å²) in [6.07, 6.45) is 0.633. The van der Waals surface area contributed by atoms with E-state index < -0.39 is 40.0 Å². The Hall–Kier alpha value is -3.01. The van der Waals surface area contributed by atoms with E-state index >= 15 is 0 Å². The molecule has 7 nitrogen and oxygen atoms in total. The third-order valence-corrected chi connectivity index (χ3v) is 6.17. The van der Waals surface area contributed by atoms with E-state index in [-0.39, 0.29) is 17.9 Å². The number of halogens is 2. The van der Waals surface area contributed by atoms with Gasteiger partial charge in [-0.1, -0.05) is 18.2 Å². The van der Waals surface area contributed by atoms with Crippen LogP contribution in [0, 0.1) is 11.6 Å². The first-order valence-corrected chi connectivity index (χ1v) is 10.5. The molecule has 154 valence electrons. The molecule has 0 radical (unpaired) electrons. The summed E-state index contributed by atoms with van der Waals surface area (Å²) in [4.78, 5) is 23.7. The topological polar surface area (TPSA) is 95.6 Å². The molecule has 0 atom stereocenters. The minimum atomic E-state index is -3.60. The quantitative estimate of drug-likeness (QED) is 0.700. The van der Waals surface area contributed by atoms with Crippen molar-refractivity contribution in [3.05, 3.63) is 65.2 Å². The number of benzene rings is 2. The molecule has 0 bridgehead atoms. The number of nitrogens with one attached hydrogen (secondary N) is 2. The summed E-state index contributed by atoms with van der Waals surface area (Å²) in [5.74, 6) is -3.55. The Kier molecular flexibility index (Phi) is 6.12. The Morgan fingerprint density at radius 3 is 2.45 bits per heavy atom. The molecule has 1 aliphatic heterocycles. The van der Waals surface area contributed by atoms with Gasteiger partial charge in [-0.05, 0) is 30.2 Å². The Bertz CT molecular complexity index is 1020. The zero-order valence-corrected chi connectivity index (χ0v) is 16.1. The Morgan fingerprint density at radius 1 is 1.03 bits per heavy atom. The van der Waals surface area contributed by atoms with E-state index in [1.807, 2.05) is 12.1 Å². The zero-order valence-electron chi connectivity index (χ0n) is 15.3. The average Bonchev–Trinajstić information content (AvgIpc) is 3.10. The molecule has 0 aromatic heterocycles. The van der Waals surface area contributed by atoms with Gasteiger partial charge in [0.25, 0.3) is 5.91 Å². The van der Waals surface area contributed by atoms with E-state index in [2.05, 4.69) is 10.6 Å². The van der Waals surface area contributed by atoms with Crippen molar-refractivity contribution in [3.8, 4) is 0 Å². The fraction of sp³-hybridized carbons (Fsp3) is 0.263. The minimum absolute atomic E-state index is 0.135. The molecule has 3 rings (SSSR count). The summed E-state index contributed by atoms with van der Waals surface area (Å²) in [5, 5.41) is 4.63. The molecule has 2 aromatic rings. The molecule has 10 heteroatoms. The summed E-state index contributed by atoms with van der Waals surface area (Å²) < 4.78 is 52.6. The maximum absolute atomic E-state index is 13.1. The van der Waals surface area contributed by atoms with Crippen molar-refractivity contribution in [1.29, 1.82) is 0 Å². The van der Waals surface area contributed by atoms with Crippen molar-refractivity contribution in [2.45, 2.75) is 6.42 Å². The van der Waals surface area contributed by atoms with E-state index in [9.17, 15) is 26.8 Å². The number of carbonyl (C=O) groups is 2. The Balaban J connectivity index is 1.47. The zero-order chi connectivity index (χ0) is 21.0. The van der Waals surface area contributed by atoms with Gasteiger partial charge in [0.05, 0.1) is 18.0 Å². The highest BCUT2D eigenvalue weighted by atomic mass is 32.2. The van der Waals surface area contributed by atoms with Crippen LogP contribution in [0.4, 0.5) is 14.5 Å². The molecular formula is C19H19F2N3O4S. The van der Waals surface area contributed by atoms with Crippen molar-refractivity contribution in [3.63, 3.8) is 0 Å². The maximum atomic E-state index is 13.1. The van der Waals surface area contributed by atoms with Crippen LogP contribution >= 0.6 is 0 Å². The molecule has 0 aliphatic carbocycles. The highest BCUT2D eigenvalue weighted by Gasteiger charge is 2.28. The van der Waals surface area contributed by atoms with Crippen LogP contribution in [0.25, 0.3) is 0 Å². The third-order valence-electron chi connectivity index (χ3n) is 4.40. The van der Waals surface area contributed by atoms with Gasteiger partial charge in [0, 0.05) is 24.7 Å². The number of rotatable bonds is 7. The minimum Gasteiger partial charge on any atom is -0.353 e. The van der Waals surface area contributed by atoms with Gasteiger partial charge in [-0.3, -0.25) is 13.9 Å². The number of para-hydroxylation sites is 1. The van der Waals surface area contributed by atoms with Crippen LogP contribution in [0.15, 0.2) is 42.5 Å². The molecule has 2 aromatic carbocycles. The number of hydrogen-bond acceptors (Lipinski definition) is 4. The van der Waals surface area contributed by atoms with Crippen molar-refractivity contribution in [2.24, 2.45) is 0 Å². The number of hydrogen-bond donors (Lipinski definition) is 2. The summed E-state index contributed by atoms with van der Waals surface area (Å²) >= 11 is 0. The largest absolute Gasteiger partial charge is 0.353 e. The van der Waals surface area contributed by atoms with Crippen molar-refractivity contribution in [2.75, 3.05) is 29.7 Å². The van der Waals surface area contributed by atoms with Crippen molar-refractivity contribution in [1.82, 2.24) is 10.6 Å². The van der Waals surface area contributed by atoms with Gasteiger partial charge in [0.1, 0.15) is 11.6 Å². The van der Waals surface area contributed by atoms with Gasteiger partial charge in [0.15, 0.2) is 0 Å². The van der Waals surface area contributed by atoms with Crippen LogP contribution in [-0.2, 0) is 21.2 Å². The first kappa shape index (κ1) is 20.7. The van der Waals surface area contributed by atoms with Gasteiger partial charge >= 0.3 is 0 Å². The summed E-state index contributed by atoms with van der Waals surface area (Å²) in [7, 11) is -3.60. The molecule has 29 heavy (non-hydrogen) atoms. The van der Waals surface area contributed by atoms with E-state index in [1.54, 1.807) is 12.1 Å². The molecular weight excluding hydrogens is 404 g/mol. The van der Waals surface area contributed by atoms with Crippen molar-refractivity contribution < 1.29 is 26.8 Å². The lowest BCUT2D eigenvalue weighted by Crippen LogP contribution is -2.41. The SMILES string of the molecule is O=C(CNC(=O)c1cc(F)cc(F)c1)NCCS(=O)(=O)N1CCc2ccccc21. The first-order valence-electron chi connectivity index (χ1n) is 8.85. The van der Waals surface area contributed by atoms with Gasteiger partial charge < -0.3 is 10.6 Å². The second-order valence-corrected chi connectivity index (χ2v) is 8.47. The van der Waals surface area contributed by atoms with E-state index in [4.69, 9.17) is 0 Å². The molecule has 2 N–H and O–H groups in total. The van der Waals surface area contributed by atoms with Gasteiger partial charge in [0.2, 0.25) is 15.9 Å². The second-order valence-electron chi connectivity index (χ2n) is 6.46. The van der Waals surface area contributed by atoms with Crippen molar-refractivity contribution >= 4 is 27.5 Å². The number of fused-ring (bicyclic) bond motifs is 1. The fourth-order valence-electron chi connectivity index (χ4n) is 3.04. The number of carbonyl (C=O) groups excluding carboxylic acids is 2. The van der Waals surface area contributed by atoms with Gasteiger partial charge in [-0.15, -0.1) is 0 Å². The normalized spacial score (nSPS) is 13.1. The van der Waals surface area contributed by atoms with E-state index in [0.29, 0.717) is 24.7 Å². The van der Waals surface area contributed by atoms with Crippen LogP contribution in [-0.4, -0.2) is 45.6 Å². The van der Waals surface area contributed by atoms with Gasteiger partial charge in [-0.2, -0.15) is 0 Å². The highest BCUT2D eigenvalue weighted by molar-refractivity contribution is 7.92. The molecule has 1 aliphatic rings. The lowest BCUT2D eigenvalue weighted by atomic mass is 10.2. The Labute approximate surface area is 166 Å². The van der Waals surface area contributed by atoms with Crippen LogP contribution in [0.3, 0.4) is 0 Å². The lowest BCUT2D eigenvalue weighted by Gasteiger charge is -2.19. The molecule has 0 saturated carbocycles. The molecule has 2 amide bonds. The first-order chi connectivity index (χ1) is 13.8. The van der Waals surface area contributed by atoms with Crippen LogP contribution in [0.1, 0.15) is 15.9 Å². The highest BCUT2D eigenvalue weighted by Crippen LogP contribution is 2.29. The smallest absolute Gasteiger partial charge is 0.251 e. The number of anilines is 1. The Morgan fingerprint density at radius 2 is 1.72 bits per heavy atom. The number of amides is 2. The van der Waals surface area contributed by atoms with Crippen LogP contribution in [0.5, 0.6) is 0 Å². The monoisotopic (exact) mass is 423 g/mol. The summed E-state index contributed by atoms with van der Waals surface area (Å²) in [6.45, 7) is -0.232. The lowest BCUT2D eigenvalue weighted by molar-refractivity contribution is -0.120.